The molecule has 0 atom stereocenters. The predicted molar refractivity (Wildman–Crippen MR) is 101 cm³/mol. The molecule has 2 rings (SSSR count). The summed E-state index contributed by atoms with van der Waals surface area (Å²) in [6.45, 7) is 10.8. The van der Waals surface area contributed by atoms with Crippen LogP contribution in [0.5, 0.6) is 0 Å². The van der Waals surface area contributed by atoms with E-state index in [2.05, 4.69) is 18.1 Å². The van der Waals surface area contributed by atoms with Crippen molar-refractivity contribution in [3.05, 3.63) is 72.6 Å². The minimum atomic E-state index is -0.949. The monoisotopic (exact) mass is 341 g/mol. The standard InChI is InChI=1S/C21H24FNO2/c1-4-7-12-17(19(22)21(24)25-6-3)18-13-8-10-16-11-9-15-23(14-5-2)20(16)18/h4-5,7-8,10,12-13H,1-2,6,9,11,14-15H2,3H3. The van der Waals surface area contributed by atoms with E-state index in [4.69, 9.17) is 4.74 Å². The molecule has 0 spiro atoms. The number of nitrogens with zero attached hydrogens (tertiary/aromatic N) is 1. The molecule has 0 aromatic heterocycles. The number of rotatable bonds is 7. The van der Waals surface area contributed by atoms with Gasteiger partial charge in [0.2, 0.25) is 5.83 Å². The predicted octanol–water partition coefficient (Wildman–Crippen LogP) is 4.61. The maximum absolute atomic E-state index is 14.8. The van der Waals surface area contributed by atoms with Crippen LogP contribution in [-0.4, -0.2) is 25.7 Å². The van der Waals surface area contributed by atoms with Gasteiger partial charge in [-0.25, -0.2) is 4.79 Å². The number of para-hydroxylation sites is 1. The first kappa shape index (κ1) is 18.7. The van der Waals surface area contributed by atoms with Crippen LogP contribution in [0, 0.1) is 0 Å². The summed E-state index contributed by atoms with van der Waals surface area (Å²) < 4.78 is 19.7. The molecular weight excluding hydrogens is 317 g/mol. The molecule has 0 aliphatic carbocycles. The molecular formula is C21H24FNO2. The van der Waals surface area contributed by atoms with Crippen molar-refractivity contribution < 1.29 is 13.9 Å². The van der Waals surface area contributed by atoms with Crippen molar-refractivity contribution in [2.24, 2.45) is 0 Å². The molecule has 0 fully saturated rings. The Bertz CT molecular complexity index is 719. The third kappa shape index (κ3) is 4.27. The zero-order valence-electron chi connectivity index (χ0n) is 14.6. The minimum Gasteiger partial charge on any atom is -0.461 e. The second kappa shape index (κ2) is 9.02. The van der Waals surface area contributed by atoms with Crippen LogP contribution in [0.2, 0.25) is 0 Å². The van der Waals surface area contributed by atoms with Gasteiger partial charge in [-0.15, -0.1) is 6.58 Å². The summed E-state index contributed by atoms with van der Waals surface area (Å²) in [5.74, 6) is -1.84. The van der Waals surface area contributed by atoms with E-state index in [-0.39, 0.29) is 12.2 Å². The summed E-state index contributed by atoms with van der Waals surface area (Å²) >= 11 is 0. The number of ether oxygens (including phenoxy) is 1. The molecule has 1 aromatic rings. The Balaban J connectivity index is 2.64. The Morgan fingerprint density at radius 1 is 1.40 bits per heavy atom. The third-order valence-electron chi connectivity index (χ3n) is 4.04. The lowest BCUT2D eigenvalue weighted by Crippen LogP contribution is -2.30. The van der Waals surface area contributed by atoms with E-state index in [0.29, 0.717) is 12.1 Å². The molecule has 0 saturated carbocycles. The molecule has 1 heterocycles. The number of halogens is 1. The summed E-state index contributed by atoms with van der Waals surface area (Å²) in [6, 6.07) is 5.78. The van der Waals surface area contributed by atoms with Crippen molar-refractivity contribution in [3.63, 3.8) is 0 Å². The average Bonchev–Trinajstić information content (AvgIpc) is 2.62. The van der Waals surface area contributed by atoms with Gasteiger partial charge in [0.1, 0.15) is 0 Å². The van der Waals surface area contributed by atoms with Gasteiger partial charge in [0.05, 0.1) is 6.61 Å². The Hall–Kier alpha value is -2.62. The van der Waals surface area contributed by atoms with Gasteiger partial charge in [0, 0.05) is 29.9 Å². The van der Waals surface area contributed by atoms with Gasteiger partial charge in [0.15, 0.2) is 0 Å². The third-order valence-corrected chi connectivity index (χ3v) is 4.04. The number of carbonyl (C=O) groups excluding carboxylic acids is 1. The van der Waals surface area contributed by atoms with E-state index >= 15 is 0 Å². The highest BCUT2D eigenvalue weighted by Crippen LogP contribution is 2.37. The fraction of sp³-hybridized carbons (Fsp3) is 0.286. The summed E-state index contributed by atoms with van der Waals surface area (Å²) in [7, 11) is 0. The molecule has 1 aliphatic rings. The molecule has 3 nitrogen and oxygen atoms in total. The van der Waals surface area contributed by atoms with Crippen molar-refractivity contribution >= 4 is 17.2 Å². The first-order valence-electron chi connectivity index (χ1n) is 8.48. The van der Waals surface area contributed by atoms with E-state index in [1.807, 2.05) is 24.3 Å². The number of aryl methyl sites for hydroxylation is 1. The number of allylic oxidation sites excluding steroid dienone is 4. The van der Waals surface area contributed by atoms with E-state index in [9.17, 15) is 9.18 Å². The minimum absolute atomic E-state index is 0.125. The van der Waals surface area contributed by atoms with Gasteiger partial charge in [0.25, 0.3) is 0 Å². The summed E-state index contributed by atoms with van der Waals surface area (Å²) in [5, 5.41) is 0. The van der Waals surface area contributed by atoms with Crippen LogP contribution >= 0.6 is 0 Å². The Labute approximate surface area is 148 Å². The number of carbonyl (C=O) groups is 1. The highest BCUT2D eigenvalue weighted by atomic mass is 19.1. The van der Waals surface area contributed by atoms with E-state index in [1.54, 1.807) is 25.2 Å². The van der Waals surface area contributed by atoms with Gasteiger partial charge < -0.3 is 9.64 Å². The van der Waals surface area contributed by atoms with E-state index in [0.717, 1.165) is 30.6 Å². The molecule has 0 amide bonds. The highest BCUT2D eigenvalue weighted by Gasteiger charge is 2.24. The zero-order valence-corrected chi connectivity index (χ0v) is 14.6. The summed E-state index contributed by atoms with van der Waals surface area (Å²) in [6.07, 6.45) is 8.53. The average molecular weight is 341 g/mol. The van der Waals surface area contributed by atoms with Gasteiger partial charge >= 0.3 is 5.97 Å². The number of esters is 1. The van der Waals surface area contributed by atoms with Crippen LogP contribution in [0.15, 0.2) is 61.5 Å². The molecule has 1 aromatic carbocycles. The number of hydrogen-bond acceptors (Lipinski definition) is 3. The summed E-state index contributed by atoms with van der Waals surface area (Å²) in [4.78, 5) is 14.1. The van der Waals surface area contributed by atoms with Gasteiger partial charge in [-0.2, -0.15) is 4.39 Å². The number of hydrogen-bond donors (Lipinski definition) is 0. The van der Waals surface area contributed by atoms with Crippen molar-refractivity contribution in [2.75, 3.05) is 24.6 Å². The second-order valence-corrected chi connectivity index (χ2v) is 5.69. The highest BCUT2D eigenvalue weighted by molar-refractivity contribution is 6.00. The first-order valence-corrected chi connectivity index (χ1v) is 8.48. The van der Waals surface area contributed by atoms with Crippen molar-refractivity contribution in [1.82, 2.24) is 0 Å². The smallest absolute Gasteiger partial charge is 0.367 e. The van der Waals surface area contributed by atoms with Crippen molar-refractivity contribution in [3.8, 4) is 0 Å². The van der Waals surface area contributed by atoms with Crippen molar-refractivity contribution in [1.29, 1.82) is 0 Å². The lowest BCUT2D eigenvalue weighted by atomic mass is 9.93. The molecule has 25 heavy (non-hydrogen) atoms. The lowest BCUT2D eigenvalue weighted by Gasteiger charge is -2.32. The first-order chi connectivity index (χ1) is 12.1. The Morgan fingerprint density at radius 3 is 2.88 bits per heavy atom. The topological polar surface area (TPSA) is 29.5 Å². The quantitative estimate of drug-likeness (QED) is 0.314. The molecule has 1 aliphatic heterocycles. The molecule has 132 valence electrons. The SMILES string of the molecule is C=CC=CC(=C(F)C(=O)OCC)c1cccc2c1N(CC=C)CCC2. The molecule has 0 radical (unpaired) electrons. The Kier molecular flexibility index (Phi) is 6.75. The molecule has 4 heteroatoms. The number of anilines is 1. The fourth-order valence-corrected chi connectivity index (χ4v) is 3.04. The molecule has 0 N–H and O–H groups in total. The lowest BCUT2D eigenvalue weighted by molar-refractivity contribution is -0.140. The largest absolute Gasteiger partial charge is 0.461 e. The van der Waals surface area contributed by atoms with Gasteiger partial charge in [-0.1, -0.05) is 49.1 Å². The zero-order chi connectivity index (χ0) is 18.2. The fourth-order valence-electron chi connectivity index (χ4n) is 3.04. The van der Waals surface area contributed by atoms with E-state index < -0.39 is 11.8 Å². The van der Waals surface area contributed by atoms with Crippen LogP contribution in [-0.2, 0) is 16.0 Å². The molecule has 0 bridgehead atoms. The summed E-state index contributed by atoms with van der Waals surface area (Å²) in [5.41, 5.74) is 3.00. The van der Waals surface area contributed by atoms with Gasteiger partial charge in [-0.05, 0) is 25.3 Å². The normalized spacial score (nSPS) is 14.7. The molecule has 0 saturated heterocycles. The van der Waals surface area contributed by atoms with Crippen molar-refractivity contribution in [2.45, 2.75) is 19.8 Å². The second-order valence-electron chi connectivity index (χ2n) is 5.69. The maximum Gasteiger partial charge on any atom is 0.367 e. The number of benzene rings is 1. The maximum atomic E-state index is 14.8. The van der Waals surface area contributed by atoms with Gasteiger partial charge in [-0.3, -0.25) is 0 Å². The van der Waals surface area contributed by atoms with Crippen LogP contribution in [0.4, 0.5) is 10.1 Å². The van der Waals surface area contributed by atoms with Crippen LogP contribution in [0.25, 0.3) is 5.57 Å². The molecule has 0 unspecified atom stereocenters. The van der Waals surface area contributed by atoms with Crippen LogP contribution < -0.4 is 4.90 Å². The Morgan fingerprint density at radius 2 is 2.20 bits per heavy atom. The van der Waals surface area contributed by atoms with E-state index in [1.165, 1.54) is 0 Å². The number of fused-ring (bicyclic) bond motifs is 1. The van der Waals surface area contributed by atoms with Crippen LogP contribution in [0.1, 0.15) is 24.5 Å². The van der Waals surface area contributed by atoms with Crippen LogP contribution in [0.3, 0.4) is 0 Å².